The maximum absolute atomic E-state index is 5.80. The van der Waals surface area contributed by atoms with Crippen molar-refractivity contribution in [2.45, 2.75) is 0 Å². The number of aromatic nitrogens is 1. The Balaban J connectivity index is 2.29. The van der Waals surface area contributed by atoms with Gasteiger partial charge in [0.05, 0.1) is 6.20 Å². The Labute approximate surface area is 93.7 Å². The zero-order chi connectivity index (χ0) is 11.0. The van der Waals surface area contributed by atoms with Gasteiger partial charge in [-0.2, -0.15) is 0 Å². The predicted molar refractivity (Wildman–Crippen MR) is 67.0 cm³/mol. The number of rotatable bonds is 1. The van der Waals surface area contributed by atoms with E-state index < -0.39 is 0 Å². The molecule has 0 atom stereocenters. The molecule has 0 fully saturated rings. The third kappa shape index (κ3) is 1.36. The quantitative estimate of drug-likeness (QED) is 0.591. The second-order valence-electron chi connectivity index (χ2n) is 3.80. The van der Waals surface area contributed by atoms with Gasteiger partial charge in [-0.25, -0.2) is 0 Å². The van der Waals surface area contributed by atoms with Crippen LogP contribution in [0.5, 0.6) is 0 Å². The maximum atomic E-state index is 5.80. The summed E-state index contributed by atoms with van der Waals surface area (Å²) in [5.41, 5.74) is 9.87. The van der Waals surface area contributed by atoms with Gasteiger partial charge in [-0.15, -0.1) is 0 Å². The first-order valence-corrected chi connectivity index (χ1v) is 5.19. The molecule has 2 heteroatoms. The second kappa shape index (κ2) is 3.42. The molecule has 3 rings (SSSR count). The molecule has 0 amide bonds. The summed E-state index contributed by atoms with van der Waals surface area (Å²) >= 11 is 0. The number of hydrogen-bond acceptors (Lipinski definition) is 1. The smallest absolute Gasteiger partial charge is 0.0716 e. The van der Waals surface area contributed by atoms with E-state index in [-0.39, 0.29) is 0 Å². The van der Waals surface area contributed by atoms with Gasteiger partial charge in [0.2, 0.25) is 0 Å². The Hall–Kier alpha value is -2.22. The molecule has 0 unspecified atom stereocenters. The lowest BCUT2D eigenvalue weighted by Crippen LogP contribution is -1.83. The van der Waals surface area contributed by atoms with Gasteiger partial charge in [0.25, 0.3) is 0 Å². The van der Waals surface area contributed by atoms with Crippen molar-refractivity contribution in [3.8, 4) is 11.1 Å². The molecule has 16 heavy (non-hydrogen) atoms. The number of benzene rings is 2. The summed E-state index contributed by atoms with van der Waals surface area (Å²) in [5, 5.41) is 1.12. The number of anilines is 1. The highest BCUT2D eigenvalue weighted by atomic mass is 14.7. The Morgan fingerprint density at radius 3 is 2.62 bits per heavy atom. The van der Waals surface area contributed by atoms with E-state index in [1.54, 1.807) is 0 Å². The van der Waals surface area contributed by atoms with Gasteiger partial charge in [0.15, 0.2) is 0 Å². The van der Waals surface area contributed by atoms with Gasteiger partial charge in [0.1, 0.15) is 0 Å². The van der Waals surface area contributed by atoms with Crippen LogP contribution in [0.25, 0.3) is 22.0 Å². The van der Waals surface area contributed by atoms with Crippen molar-refractivity contribution in [3.05, 3.63) is 54.7 Å². The largest absolute Gasteiger partial charge is 0.399 e. The Bertz CT molecular complexity index is 624. The average molecular weight is 207 g/mol. The molecule has 0 aliphatic heterocycles. The minimum Gasteiger partial charge on any atom is -0.399 e. The fourth-order valence-corrected chi connectivity index (χ4v) is 1.91. The van der Waals surface area contributed by atoms with Crippen LogP contribution in [0.2, 0.25) is 0 Å². The SMILES string of the molecule is Nc1ccc2[nH][c]c(-c3ccccc3)c2c1. The molecule has 3 aromatic rings. The van der Waals surface area contributed by atoms with Crippen molar-refractivity contribution in [1.82, 2.24) is 4.98 Å². The summed E-state index contributed by atoms with van der Waals surface area (Å²) < 4.78 is 0. The van der Waals surface area contributed by atoms with Gasteiger partial charge in [0, 0.05) is 22.2 Å². The molecule has 0 bridgehead atoms. The highest BCUT2D eigenvalue weighted by Crippen LogP contribution is 2.29. The Morgan fingerprint density at radius 1 is 1.00 bits per heavy atom. The van der Waals surface area contributed by atoms with Crippen molar-refractivity contribution in [3.63, 3.8) is 0 Å². The van der Waals surface area contributed by atoms with Crippen molar-refractivity contribution >= 4 is 16.6 Å². The van der Waals surface area contributed by atoms with E-state index >= 15 is 0 Å². The van der Waals surface area contributed by atoms with Crippen molar-refractivity contribution in [2.75, 3.05) is 5.73 Å². The topological polar surface area (TPSA) is 41.8 Å². The van der Waals surface area contributed by atoms with Crippen LogP contribution in [0.3, 0.4) is 0 Å². The minimum atomic E-state index is 0.776. The number of H-pyrrole nitrogens is 1. The Morgan fingerprint density at radius 2 is 1.81 bits per heavy atom. The molecule has 0 saturated carbocycles. The molecule has 77 valence electrons. The average Bonchev–Trinajstić information content (AvgIpc) is 2.73. The number of nitrogens with one attached hydrogen (secondary N) is 1. The van der Waals surface area contributed by atoms with Gasteiger partial charge < -0.3 is 10.7 Å². The van der Waals surface area contributed by atoms with E-state index in [4.69, 9.17) is 5.73 Å². The van der Waals surface area contributed by atoms with Crippen molar-refractivity contribution in [1.29, 1.82) is 0 Å². The first-order valence-electron chi connectivity index (χ1n) is 5.19. The molecule has 2 aromatic carbocycles. The minimum absolute atomic E-state index is 0.776. The molecule has 0 spiro atoms. The molecule has 0 aliphatic rings. The number of nitrogens with two attached hydrogens (primary N) is 1. The highest BCUT2D eigenvalue weighted by molar-refractivity contribution is 5.96. The van der Waals surface area contributed by atoms with Crippen LogP contribution in [-0.4, -0.2) is 4.98 Å². The molecule has 1 radical (unpaired) electrons. The predicted octanol–water partition coefficient (Wildman–Crippen LogP) is 3.22. The number of hydrogen-bond donors (Lipinski definition) is 2. The summed E-state index contributed by atoms with van der Waals surface area (Å²) in [6.07, 6.45) is 3.18. The van der Waals surface area contributed by atoms with Crippen molar-refractivity contribution in [2.24, 2.45) is 0 Å². The van der Waals surface area contributed by atoms with E-state index in [1.165, 1.54) is 0 Å². The highest BCUT2D eigenvalue weighted by Gasteiger charge is 2.05. The lowest BCUT2D eigenvalue weighted by molar-refractivity contribution is 1.45. The van der Waals surface area contributed by atoms with Crippen LogP contribution in [0.15, 0.2) is 48.5 Å². The third-order valence-corrected chi connectivity index (χ3v) is 2.70. The van der Waals surface area contributed by atoms with Crippen LogP contribution in [0, 0.1) is 6.20 Å². The molecule has 0 saturated heterocycles. The first kappa shape index (κ1) is 9.04. The van der Waals surface area contributed by atoms with E-state index in [0.29, 0.717) is 0 Å². The summed E-state index contributed by atoms with van der Waals surface area (Å²) in [4.78, 5) is 3.13. The van der Waals surface area contributed by atoms with E-state index in [9.17, 15) is 0 Å². The van der Waals surface area contributed by atoms with E-state index in [2.05, 4.69) is 23.3 Å². The fraction of sp³-hybridized carbons (Fsp3) is 0. The number of fused-ring (bicyclic) bond motifs is 1. The number of aromatic amines is 1. The van der Waals surface area contributed by atoms with Gasteiger partial charge in [-0.05, 0) is 23.8 Å². The monoisotopic (exact) mass is 207 g/mol. The van der Waals surface area contributed by atoms with Crippen LogP contribution >= 0.6 is 0 Å². The Kier molecular flexibility index (Phi) is 1.93. The normalized spacial score (nSPS) is 10.8. The maximum Gasteiger partial charge on any atom is 0.0716 e. The molecular formula is C14H11N2. The summed E-state index contributed by atoms with van der Waals surface area (Å²) in [7, 11) is 0. The van der Waals surface area contributed by atoms with Gasteiger partial charge in [-0.3, -0.25) is 0 Å². The van der Waals surface area contributed by atoms with Crippen LogP contribution < -0.4 is 5.73 Å². The van der Waals surface area contributed by atoms with Crippen LogP contribution in [-0.2, 0) is 0 Å². The lowest BCUT2D eigenvalue weighted by atomic mass is 10.0. The van der Waals surface area contributed by atoms with Gasteiger partial charge >= 0.3 is 0 Å². The summed E-state index contributed by atoms with van der Waals surface area (Å²) in [6, 6.07) is 16.0. The fourth-order valence-electron chi connectivity index (χ4n) is 1.91. The second-order valence-corrected chi connectivity index (χ2v) is 3.80. The molecule has 2 nitrogen and oxygen atoms in total. The molecular weight excluding hydrogens is 196 g/mol. The molecule has 1 aromatic heterocycles. The molecule has 3 N–H and O–H groups in total. The van der Waals surface area contributed by atoms with Crippen molar-refractivity contribution < 1.29 is 0 Å². The van der Waals surface area contributed by atoms with E-state index in [1.807, 2.05) is 36.4 Å². The van der Waals surface area contributed by atoms with Crippen LogP contribution in [0.4, 0.5) is 5.69 Å². The molecule has 1 heterocycles. The number of nitrogen functional groups attached to an aromatic ring is 1. The zero-order valence-corrected chi connectivity index (χ0v) is 8.70. The lowest BCUT2D eigenvalue weighted by Gasteiger charge is -1.99. The third-order valence-electron chi connectivity index (χ3n) is 2.70. The standard InChI is InChI=1S/C14H11N2/c15-11-6-7-14-12(8-11)13(9-16-14)10-4-2-1-3-5-10/h1-8,16H,15H2. The van der Waals surface area contributed by atoms with E-state index in [0.717, 1.165) is 27.7 Å². The summed E-state index contributed by atoms with van der Waals surface area (Å²) in [5.74, 6) is 0. The first-order chi connectivity index (χ1) is 7.84. The zero-order valence-electron chi connectivity index (χ0n) is 8.70. The molecule has 0 aliphatic carbocycles. The van der Waals surface area contributed by atoms with Gasteiger partial charge in [-0.1, -0.05) is 30.3 Å². The summed E-state index contributed by atoms with van der Waals surface area (Å²) in [6.45, 7) is 0. The van der Waals surface area contributed by atoms with Crippen LogP contribution in [0.1, 0.15) is 0 Å².